The van der Waals surface area contributed by atoms with E-state index in [1.807, 2.05) is 0 Å². The molecule has 0 radical (unpaired) electrons. The average molecular weight is 515 g/mol. The van der Waals surface area contributed by atoms with Gasteiger partial charge in [0.15, 0.2) is 0 Å². The number of hydrogen-bond acceptors (Lipinski definition) is 4. The second-order valence-electron chi connectivity index (χ2n) is 13.9. The first-order chi connectivity index (χ1) is 17.2. The Morgan fingerprint density at radius 2 is 1.73 bits per heavy atom. The van der Waals surface area contributed by atoms with Crippen LogP contribution in [0.2, 0.25) is 0 Å². The van der Waals surface area contributed by atoms with E-state index in [4.69, 9.17) is 4.74 Å². The third-order valence-electron chi connectivity index (χ3n) is 12.0. The third kappa shape index (κ3) is 4.32. The molecule has 9 atom stereocenters. The van der Waals surface area contributed by atoms with Crippen molar-refractivity contribution in [2.75, 3.05) is 0 Å². The molecule has 0 bridgehead atoms. The van der Waals surface area contributed by atoms with E-state index in [9.17, 15) is 19.8 Å². The van der Waals surface area contributed by atoms with Crippen molar-refractivity contribution in [3.8, 4) is 0 Å². The maximum absolute atomic E-state index is 12.5. The lowest BCUT2D eigenvalue weighted by molar-refractivity contribution is -0.177. The molecule has 5 heteroatoms. The number of carboxylic acids is 1. The highest BCUT2D eigenvalue weighted by atomic mass is 16.5. The fourth-order valence-corrected chi connectivity index (χ4v) is 9.45. The first-order valence-electron chi connectivity index (χ1n) is 14.6. The summed E-state index contributed by atoms with van der Waals surface area (Å²) in [4.78, 5) is 24.9. The van der Waals surface area contributed by atoms with Crippen LogP contribution in [0.3, 0.4) is 0 Å². The zero-order chi connectivity index (χ0) is 27.5. The number of aliphatic carboxylic acids is 1. The number of carboxylic acid groups (broad SMARTS) is 1. The van der Waals surface area contributed by atoms with Gasteiger partial charge in [0.1, 0.15) is 6.10 Å². The molecule has 0 spiro atoms. The zero-order valence-corrected chi connectivity index (χ0v) is 24.4. The van der Waals surface area contributed by atoms with Crippen LogP contribution in [0.5, 0.6) is 0 Å². The summed E-state index contributed by atoms with van der Waals surface area (Å²) in [5, 5.41) is 21.1. The molecule has 2 N–H and O–H groups in total. The number of ether oxygens (including phenoxy) is 1. The van der Waals surface area contributed by atoms with Crippen LogP contribution in [-0.2, 0) is 14.3 Å². The summed E-state index contributed by atoms with van der Waals surface area (Å²) in [6.45, 7) is 16.9. The predicted molar refractivity (Wildman–Crippen MR) is 146 cm³/mol. The topological polar surface area (TPSA) is 83.8 Å². The van der Waals surface area contributed by atoms with Crippen LogP contribution < -0.4 is 0 Å². The van der Waals surface area contributed by atoms with Gasteiger partial charge in [-0.1, -0.05) is 43.1 Å². The van der Waals surface area contributed by atoms with E-state index in [0.717, 1.165) is 44.9 Å². The summed E-state index contributed by atoms with van der Waals surface area (Å²) >= 11 is 0. The molecule has 0 aromatic rings. The molecule has 4 aliphatic carbocycles. The molecule has 4 aliphatic rings. The number of hydrogen-bond donors (Lipinski definition) is 2. The van der Waals surface area contributed by atoms with Gasteiger partial charge in [-0.2, -0.15) is 0 Å². The van der Waals surface area contributed by atoms with Gasteiger partial charge in [-0.05, 0) is 108 Å². The second kappa shape index (κ2) is 9.84. The Balaban J connectivity index is 1.73. The molecule has 0 aromatic heterocycles. The molecule has 2 fully saturated rings. The van der Waals surface area contributed by atoms with Crippen molar-refractivity contribution in [2.45, 2.75) is 125 Å². The summed E-state index contributed by atoms with van der Waals surface area (Å²) in [6.07, 6.45) is 7.21. The largest absolute Gasteiger partial charge is 0.481 e. The maximum atomic E-state index is 12.5. The minimum atomic E-state index is -1.15. The maximum Gasteiger partial charge on any atom is 0.312 e. The van der Waals surface area contributed by atoms with E-state index in [1.165, 1.54) is 29.2 Å². The van der Waals surface area contributed by atoms with Crippen LogP contribution in [-0.4, -0.2) is 34.4 Å². The predicted octanol–water partition coefficient (Wildman–Crippen LogP) is 7.09. The van der Waals surface area contributed by atoms with Crippen molar-refractivity contribution < 1.29 is 24.5 Å². The molecule has 0 amide bonds. The van der Waals surface area contributed by atoms with E-state index < -0.39 is 17.5 Å². The quantitative estimate of drug-likeness (QED) is 0.292. The lowest BCUT2D eigenvalue weighted by atomic mass is 9.45. The Kier molecular flexibility index (Phi) is 7.55. The highest BCUT2D eigenvalue weighted by Gasteiger charge is 2.65. The molecule has 4 rings (SSSR count). The normalized spacial score (nSPS) is 41.8. The van der Waals surface area contributed by atoms with Gasteiger partial charge in [-0.25, -0.2) is 0 Å². The Labute approximate surface area is 224 Å². The molecule has 5 nitrogen and oxygen atoms in total. The molecular formula is C32H50O5. The van der Waals surface area contributed by atoms with Gasteiger partial charge in [0, 0.05) is 18.8 Å². The highest BCUT2D eigenvalue weighted by Crippen LogP contribution is 2.68. The molecule has 0 aromatic carbocycles. The summed E-state index contributed by atoms with van der Waals surface area (Å²) in [5.74, 6) is 0.169. The molecule has 37 heavy (non-hydrogen) atoms. The van der Waals surface area contributed by atoms with Gasteiger partial charge in [-0.3, -0.25) is 9.59 Å². The first-order valence-corrected chi connectivity index (χ1v) is 14.6. The smallest absolute Gasteiger partial charge is 0.312 e. The average Bonchev–Trinajstić information content (AvgIpc) is 3.18. The molecule has 2 saturated carbocycles. The number of esters is 1. The van der Waals surface area contributed by atoms with E-state index in [-0.39, 0.29) is 28.8 Å². The number of carbonyl (C=O) groups is 2. The zero-order valence-electron chi connectivity index (χ0n) is 24.4. The Morgan fingerprint density at radius 3 is 2.32 bits per heavy atom. The van der Waals surface area contributed by atoms with Crippen molar-refractivity contribution in [3.05, 3.63) is 22.3 Å². The van der Waals surface area contributed by atoms with Crippen LogP contribution in [0.1, 0.15) is 113 Å². The van der Waals surface area contributed by atoms with Gasteiger partial charge < -0.3 is 14.9 Å². The molecule has 0 saturated heterocycles. The summed E-state index contributed by atoms with van der Waals surface area (Å²) in [7, 11) is 0. The van der Waals surface area contributed by atoms with Crippen LogP contribution in [0.25, 0.3) is 0 Å². The number of rotatable bonds is 6. The number of carbonyl (C=O) groups excluding carboxylic acids is 1. The number of fused-ring (bicyclic) bond motifs is 4. The summed E-state index contributed by atoms with van der Waals surface area (Å²) < 4.78 is 6.20. The van der Waals surface area contributed by atoms with Crippen molar-refractivity contribution in [2.24, 2.45) is 39.9 Å². The van der Waals surface area contributed by atoms with Crippen molar-refractivity contribution in [1.29, 1.82) is 0 Å². The molecule has 1 unspecified atom stereocenters. The number of aliphatic hydroxyl groups excluding tert-OH is 1. The summed E-state index contributed by atoms with van der Waals surface area (Å²) in [5.41, 5.74) is 4.22. The Morgan fingerprint density at radius 1 is 1.05 bits per heavy atom. The first kappa shape index (κ1) is 28.4. The van der Waals surface area contributed by atoms with Crippen LogP contribution >= 0.6 is 0 Å². The molecule has 0 heterocycles. The van der Waals surface area contributed by atoms with Crippen LogP contribution in [0.15, 0.2) is 22.3 Å². The van der Waals surface area contributed by atoms with E-state index in [1.54, 1.807) is 6.92 Å². The minimum absolute atomic E-state index is 0.101. The minimum Gasteiger partial charge on any atom is -0.481 e. The van der Waals surface area contributed by atoms with Gasteiger partial charge in [0.25, 0.3) is 0 Å². The third-order valence-corrected chi connectivity index (χ3v) is 12.0. The van der Waals surface area contributed by atoms with Crippen LogP contribution in [0, 0.1) is 39.9 Å². The highest BCUT2D eigenvalue weighted by molar-refractivity contribution is 5.76. The standard InChI is InChI=1S/C32H50O5/c1-18(2)19(3)9-10-20(4)23-12-13-24-22-11-14-26-30(6,16-15-27(34)32(26,8)29(35)36)25(22)17-28(31(23,24)7)37-21(5)33/h20,23-24,26-28,34H,9-17H2,1-8H3,(H,35,36)/t20?,23-,24+,26-,27+,28-,30-,31-,32+/m1/s1. The van der Waals surface area contributed by atoms with E-state index in [2.05, 4.69) is 41.5 Å². The molecular weight excluding hydrogens is 464 g/mol. The second-order valence-corrected chi connectivity index (χ2v) is 13.9. The Hall–Kier alpha value is -1.62. The van der Waals surface area contributed by atoms with Gasteiger partial charge >= 0.3 is 11.9 Å². The molecule has 208 valence electrons. The van der Waals surface area contributed by atoms with Crippen molar-refractivity contribution in [1.82, 2.24) is 0 Å². The molecule has 0 aliphatic heterocycles. The fourth-order valence-electron chi connectivity index (χ4n) is 9.45. The SMILES string of the molecule is CC(=O)O[C@@H]1CC2=C(CC[C@H]3[C@](C)(C(=O)O)[C@@H](O)CC[C@]23C)[C@@H]2CC[C@H](C(C)CCC(C)=C(C)C)[C@@]12C. The van der Waals surface area contributed by atoms with Gasteiger partial charge in [0.2, 0.25) is 0 Å². The Bertz CT molecular complexity index is 1000. The number of allylic oxidation sites excluding steroid dienone is 3. The monoisotopic (exact) mass is 514 g/mol. The number of aliphatic hydroxyl groups is 1. The van der Waals surface area contributed by atoms with E-state index >= 15 is 0 Å². The lowest BCUT2D eigenvalue weighted by Gasteiger charge is -2.60. The van der Waals surface area contributed by atoms with Gasteiger partial charge in [-0.15, -0.1) is 0 Å². The van der Waals surface area contributed by atoms with Gasteiger partial charge in [0.05, 0.1) is 11.5 Å². The van der Waals surface area contributed by atoms with Crippen molar-refractivity contribution >= 4 is 11.9 Å². The lowest BCUT2D eigenvalue weighted by Crippen LogP contribution is -2.59. The van der Waals surface area contributed by atoms with Crippen molar-refractivity contribution in [3.63, 3.8) is 0 Å². The van der Waals surface area contributed by atoms with E-state index in [0.29, 0.717) is 30.6 Å². The fraction of sp³-hybridized carbons (Fsp3) is 0.812. The summed E-state index contributed by atoms with van der Waals surface area (Å²) in [6, 6.07) is 0. The van der Waals surface area contributed by atoms with Crippen LogP contribution in [0.4, 0.5) is 0 Å².